The fourth-order valence-electron chi connectivity index (χ4n) is 3.45. The molecule has 1 aromatic heterocycles. The zero-order valence-electron chi connectivity index (χ0n) is 14.6. The minimum Gasteiger partial charge on any atom is -0.459 e. The number of benzene rings is 2. The van der Waals surface area contributed by atoms with Crippen molar-refractivity contribution in [1.82, 2.24) is 4.90 Å². The molecule has 0 N–H and O–H groups in total. The first-order valence-corrected chi connectivity index (χ1v) is 10.1. The van der Waals surface area contributed by atoms with Gasteiger partial charge in [-0.2, -0.15) is 0 Å². The third-order valence-electron chi connectivity index (χ3n) is 4.87. The molecule has 0 saturated carbocycles. The number of rotatable bonds is 5. The van der Waals surface area contributed by atoms with Crippen LogP contribution in [0.2, 0.25) is 0 Å². The van der Waals surface area contributed by atoms with E-state index in [0.717, 1.165) is 37.2 Å². The lowest BCUT2D eigenvalue weighted by Crippen LogP contribution is -2.32. The highest BCUT2D eigenvalue weighted by Crippen LogP contribution is 2.33. The van der Waals surface area contributed by atoms with E-state index in [0.29, 0.717) is 17.1 Å². The van der Waals surface area contributed by atoms with Crippen LogP contribution in [0.25, 0.3) is 11.0 Å². The van der Waals surface area contributed by atoms with Crippen LogP contribution in [0.3, 0.4) is 0 Å². The van der Waals surface area contributed by atoms with Crippen molar-refractivity contribution in [3.63, 3.8) is 0 Å². The molecule has 4 rings (SSSR count). The smallest absolute Gasteiger partial charge is 0.206 e. The van der Waals surface area contributed by atoms with Crippen molar-refractivity contribution in [2.24, 2.45) is 0 Å². The Balaban J connectivity index is 1.69. The summed E-state index contributed by atoms with van der Waals surface area (Å²) in [4.78, 5) is 2.84. The summed E-state index contributed by atoms with van der Waals surface area (Å²) in [7, 11) is -1.84. The predicted octanol–water partition coefficient (Wildman–Crippen LogP) is 3.27. The van der Waals surface area contributed by atoms with Crippen LogP contribution in [0.15, 0.2) is 62.7 Å². The molecule has 0 aliphatic carbocycles. The van der Waals surface area contributed by atoms with Crippen LogP contribution in [0.5, 0.6) is 0 Å². The van der Waals surface area contributed by atoms with Gasteiger partial charge in [-0.1, -0.05) is 18.2 Å². The highest BCUT2D eigenvalue weighted by molar-refractivity contribution is 7.91. The van der Waals surface area contributed by atoms with Crippen molar-refractivity contribution in [2.75, 3.05) is 26.8 Å². The zero-order chi connectivity index (χ0) is 18.1. The molecular formula is C20H21NO4S. The zero-order valence-corrected chi connectivity index (χ0v) is 15.5. The molecule has 1 aliphatic rings. The lowest BCUT2D eigenvalue weighted by atomic mass is 10.0. The van der Waals surface area contributed by atoms with E-state index in [-0.39, 0.29) is 4.90 Å². The molecule has 2 heterocycles. The van der Waals surface area contributed by atoms with Crippen molar-refractivity contribution >= 4 is 20.8 Å². The number of hydrogen-bond acceptors (Lipinski definition) is 5. The average molecular weight is 371 g/mol. The molecule has 0 atom stereocenters. The molecule has 3 aromatic rings. The summed E-state index contributed by atoms with van der Waals surface area (Å²) >= 11 is 0. The summed E-state index contributed by atoms with van der Waals surface area (Å²) in [5, 5.41) is 1.01. The third kappa shape index (κ3) is 3.05. The fourth-order valence-corrected chi connectivity index (χ4v) is 4.75. The lowest BCUT2D eigenvalue weighted by molar-refractivity contribution is 0.135. The van der Waals surface area contributed by atoms with E-state index in [2.05, 4.69) is 4.90 Å². The monoisotopic (exact) mass is 371 g/mol. The second-order valence-corrected chi connectivity index (χ2v) is 8.45. The van der Waals surface area contributed by atoms with Gasteiger partial charge in [-0.3, -0.25) is 4.90 Å². The SMILES string of the molecule is COCCN1CCc2c(oc3cc(S(=O)(=O)c4ccccc4)ccc23)C1. The summed E-state index contributed by atoms with van der Waals surface area (Å²) in [6.45, 7) is 3.23. The Kier molecular flexibility index (Phi) is 4.56. The standard InChI is InChI=1S/C20H21NO4S/c1-24-12-11-21-10-9-18-17-8-7-16(13-19(17)25-20(18)14-21)26(22,23)15-5-3-2-4-6-15/h2-8,13H,9-12,14H2,1H3. The normalized spacial score (nSPS) is 15.3. The number of fused-ring (bicyclic) bond motifs is 3. The lowest BCUT2D eigenvalue weighted by Gasteiger charge is -2.25. The van der Waals surface area contributed by atoms with Crippen LogP contribution in [-0.2, 0) is 27.5 Å². The van der Waals surface area contributed by atoms with Crippen molar-refractivity contribution in [1.29, 1.82) is 0 Å². The highest BCUT2D eigenvalue weighted by Gasteiger charge is 2.24. The first-order valence-electron chi connectivity index (χ1n) is 8.65. The van der Waals surface area contributed by atoms with E-state index < -0.39 is 9.84 Å². The number of nitrogens with zero attached hydrogens (tertiary/aromatic N) is 1. The Bertz CT molecular complexity index is 1020. The largest absolute Gasteiger partial charge is 0.459 e. The van der Waals surface area contributed by atoms with Gasteiger partial charge in [0.25, 0.3) is 0 Å². The minimum absolute atomic E-state index is 0.263. The molecule has 1 aliphatic heterocycles. The molecule has 0 radical (unpaired) electrons. The number of hydrogen-bond donors (Lipinski definition) is 0. The van der Waals surface area contributed by atoms with Crippen LogP contribution >= 0.6 is 0 Å². The summed E-state index contributed by atoms with van der Waals surface area (Å²) in [6.07, 6.45) is 0.900. The Labute approximate surface area is 153 Å². The van der Waals surface area contributed by atoms with Crippen LogP contribution in [0.1, 0.15) is 11.3 Å². The van der Waals surface area contributed by atoms with Crippen molar-refractivity contribution in [3.05, 3.63) is 59.9 Å². The molecule has 0 unspecified atom stereocenters. The van der Waals surface area contributed by atoms with E-state index in [1.54, 1.807) is 49.6 Å². The molecule has 6 heteroatoms. The number of sulfone groups is 1. The first-order chi connectivity index (χ1) is 12.6. The van der Waals surface area contributed by atoms with Crippen molar-refractivity contribution in [3.8, 4) is 0 Å². The van der Waals surface area contributed by atoms with Crippen LogP contribution in [-0.4, -0.2) is 40.1 Å². The van der Waals surface area contributed by atoms with Gasteiger partial charge >= 0.3 is 0 Å². The van der Waals surface area contributed by atoms with E-state index in [9.17, 15) is 8.42 Å². The van der Waals surface area contributed by atoms with Crippen LogP contribution < -0.4 is 0 Å². The maximum Gasteiger partial charge on any atom is 0.206 e. The fraction of sp³-hybridized carbons (Fsp3) is 0.300. The third-order valence-corrected chi connectivity index (χ3v) is 6.64. The second kappa shape index (κ2) is 6.87. The molecule has 26 heavy (non-hydrogen) atoms. The van der Waals surface area contributed by atoms with Crippen molar-refractivity contribution in [2.45, 2.75) is 22.8 Å². The Hall–Kier alpha value is -2.15. The number of furan rings is 1. The quantitative estimate of drug-likeness (QED) is 0.689. The van der Waals surface area contributed by atoms with E-state index in [4.69, 9.17) is 9.15 Å². The molecule has 5 nitrogen and oxygen atoms in total. The van der Waals surface area contributed by atoms with Crippen LogP contribution in [0, 0.1) is 0 Å². The van der Waals surface area contributed by atoms with Crippen LogP contribution in [0.4, 0.5) is 0 Å². The molecule has 136 valence electrons. The number of methoxy groups -OCH3 is 1. The first kappa shape index (κ1) is 17.3. The summed E-state index contributed by atoms with van der Waals surface area (Å²) < 4.78 is 36.8. The maximum absolute atomic E-state index is 12.8. The van der Waals surface area contributed by atoms with Gasteiger partial charge in [-0.05, 0) is 30.7 Å². The molecule has 0 saturated heterocycles. The van der Waals surface area contributed by atoms with Gasteiger partial charge in [0.15, 0.2) is 0 Å². The van der Waals surface area contributed by atoms with Gasteiger partial charge in [0, 0.05) is 37.2 Å². The highest BCUT2D eigenvalue weighted by atomic mass is 32.2. The van der Waals surface area contributed by atoms with Gasteiger partial charge < -0.3 is 9.15 Å². The molecule has 0 spiro atoms. The Morgan fingerprint density at radius 1 is 1.12 bits per heavy atom. The second-order valence-electron chi connectivity index (χ2n) is 6.50. The van der Waals surface area contributed by atoms with Gasteiger partial charge in [0.2, 0.25) is 9.84 Å². The van der Waals surface area contributed by atoms with Crippen molar-refractivity contribution < 1.29 is 17.6 Å². The molecule has 0 fully saturated rings. The predicted molar refractivity (Wildman–Crippen MR) is 99.0 cm³/mol. The Morgan fingerprint density at radius 2 is 1.92 bits per heavy atom. The van der Waals surface area contributed by atoms with E-state index in [1.165, 1.54) is 5.56 Å². The van der Waals surface area contributed by atoms with Gasteiger partial charge in [0.05, 0.1) is 22.9 Å². The van der Waals surface area contributed by atoms with Gasteiger partial charge in [-0.25, -0.2) is 8.42 Å². The van der Waals surface area contributed by atoms with Gasteiger partial charge in [0.1, 0.15) is 11.3 Å². The Morgan fingerprint density at radius 3 is 2.69 bits per heavy atom. The average Bonchev–Trinajstić information content (AvgIpc) is 3.04. The summed E-state index contributed by atoms with van der Waals surface area (Å²) in [6, 6.07) is 13.7. The summed E-state index contributed by atoms with van der Waals surface area (Å²) in [5.74, 6) is 0.927. The van der Waals surface area contributed by atoms with E-state index in [1.807, 2.05) is 6.07 Å². The number of ether oxygens (including phenoxy) is 1. The van der Waals surface area contributed by atoms with Gasteiger partial charge in [-0.15, -0.1) is 0 Å². The minimum atomic E-state index is -3.54. The maximum atomic E-state index is 12.8. The van der Waals surface area contributed by atoms with E-state index >= 15 is 0 Å². The molecule has 2 aromatic carbocycles. The summed E-state index contributed by atoms with van der Waals surface area (Å²) in [5.41, 5.74) is 1.83. The molecular weight excluding hydrogens is 350 g/mol. The molecule has 0 bridgehead atoms. The molecule has 0 amide bonds. The topological polar surface area (TPSA) is 59.8 Å².